The first-order chi connectivity index (χ1) is 14.6. The van der Waals surface area contributed by atoms with Gasteiger partial charge in [0.05, 0.1) is 18.4 Å². The van der Waals surface area contributed by atoms with Crippen molar-refractivity contribution in [3.05, 3.63) is 93.5 Å². The second kappa shape index (κ2) is 7.86. The molecule has 0 fully saturated rings. The molecule has 2 aliphatic rings. The molecule has 0 radical (unpaired) electrons. The third kappa shape index (κ3) is 3.51. The van der Waals surface area contributed by atoms with Crippen LogP contribution in [-0.4, -0.2) is 17.3 Å². The van der Waals surface area contributed by atoms with E-state index in [1.54, 1.807) is 0 Å². The fourth-order valence-electron chi connectivity index (χ4n) is 3.99. The van der Waals surface area contributed by atoms with Crippen LogP contribution in [0, 0.1) is 0 Å². The van der Waals surface area contributed by atoms with Gasteiger partial charge in [-0.15, -0.1) is 0 Å². The van der Waals surface area contributed by atoms with E-state index in [2.05, 4.69) is 12.1 Å². The van der Waals surface area contributed by atoms with Crippen molar-refractivity contribution in [3.63, 3.8) is 0 Å². The van der Waals surface area contributed by atoms with E-state index in [-0.39, 0.29) is 12.3 Å². The maximum Gasteiger partial charge on any atom is 0.213 e. The van der Waals surface area contributed by atoms with Crippen LogP contribution < -0.4 is 9.47 Å². The fraction of sp³-hybridized carbons (Fsp3) is 0.208. The van der Waals surface area contributed by atoms with Gasteiger partial charge >= 0.3 is 0 Å². The van der Waals surface area contributed by atoms with E-state index in [4.69, 9.17) is 37.8 Å². The van der Waals surface area contributed by atoms with Gasteiger partial charge in [0.2, 0.25) is 6.23 Å². The molecule has 0 aliphatic carbocycles. The Bertz CT molecular complexity index is 1100. The van der Waals surface area contributed by atoms with Gasteiger partial charge in [-0.25, -0.2) is 5.01 Å². The number of hydrogen-bond acceptors (Lipinski definition) is 4. The molecule has 3 aromatic carbocycles. The third-order valence-electron chi connectivity index (χ3n) is 5.41. The maximum atomic E-state index is 6.36. The van der Waals surface area contributed by atoms with Crippen LogP contribution in [0.15, 0.2) is 71.8 Å². The lowest BCUT2D eigenvalue weighted by Gasteiger charge is -2.38. The average Bonchev–Trinajstić information content (AvgIpc) is 3.21. The summed E-state index contributed by atoms with van der Waals surface area (Å²) in [6.45, 7) is 2.63. The van der Waals surface area contributed by atoms with Crippen LogP contribution in [0.25, 0.3) is 0 Å². The van der Waals surface area contributed by atoms with Crippen LogP contribution in [0.3, 0.4) is 0 Å². The Morgan fingerprint density at radius 2 is 1.73 bits per heavy atom. The first-order valence-corrected chi connectivity index (χ1v) is 10.7. The van der Waals surface area contributed by atoms with E-state index >= 15 is 0 Å². The van der Waals surface area contributed by atoms with Crippen molar-refractivity contribution >= 4 is 28.9 Å². The molecule has 0 saturated heterocycles. The molecule has 152 valence electrons. The van der Waals surface area contributed by atoms with Gasteiger partial charge in [-0.2, -0.15) is 5.10 Å². The molecule has 0 N–H and O–H groups in total. The predicted octanol–water partition coefficient (Wildman–Crippen LogP) is 6.63. The zero-order chi connectivity index (χ0) is 20.7. The molecule has 0 aromatic heterocycles. The number of nitrogens with zero attached hydrogens (tertiary/aromatic N) is 2. The highest BCUT2D eigenvalue weighted by molar-refractivity contribution is 6.30. The van der Waals surface area contributed by atoms with Gasteiger partial charge in [0.15, 0.2) is 0 Å². The molecule has 0 amide bonds. The molecule has 5 rings (SSSR count). The first-order valence-electron chi connectivity index (χ1n) is 9.93. The summed E-state index contributed by atoms with van der Waals surface area (Å²) in [5.74, 6) is 1.70. The molecule has 6 heteroatoms. The van der Waals surface area contributed by atoms with Crippen LogP contribution in [0.5, 0.6) is 11.5 Å². The van der Waals surface area contributed by atoms with E-state index in [0.717, 1.165) is 40.3 Å². The highest BCUT2D eigenvalue weighted by atomic mass is 35.5. The summed E-state index contributed by atoms with van der Waals surface area (Å²) >= 11 is 12.4. The molecule has 0 saturated carbocycles. The zero-order valence-corrected chi connectivity index (χ0v) is 17.9. The normalized spacial score (nSPS) is 19.6. The van der Waals surface area contributed by atoms with Gasteiger partial charge in [0.1, 0.15) is 11.5 Å². The van der Waals surface area contributed by atoms with Crippen molar-refractivity contribution in [2.45, 2.75) is 25.6 Å². The van der Waals surface area contributed by atoms with Gasteiger partial charge < -0.3 is 9.47 Å². The second-order valence-electron chi connectivity index (χ2n) is 7.31. The minimum Gasteiger partial charge on any atom is -0.494 e. The van der Waals surface area contributed by atoms with Gasteiger partial charge in [0, 0.05) is 27.6 Å². The smallest absolute Gasteiger partial charge is 0.213 e. The molecular weight excluding hydrogens is 419 g/mol. The highest BCUT2D eigenvalue weighted by Crippen LogP contribution is 2.48. The summed E-state index contributed by atoms with van der Waals surface area (Å²) in [4.78, 5) is 0. The molecule has 3 aromatic rings. The van der Waals surface area contributed by atoms with Crippen LogP contribution in [0.1, 0.15) is 42.3 Å². The number of hydrazone groups is 1. The van der Waals surface area contributed by atoms with Gasteiger partial charge in [-0.05, 0) is 67.1 Å². The number of ether oxygens (including phenoxy) is 2. The lowest BCUT2D eigenvalue weighted by atomic mass is 9.96. The highest BCUT2D eigenvalue weighted by Gasteiger charge is 2.41. The SMILES string of the molecule is CCOc1ccc(C2=NN3[C@H](C2)c2cc(Cl)ccc2O[C@H]3c2ccc(Cl)cc2)cc1. The van der Waals surface area contributed by atoms with Crippen molar-refractivity contribution in [1.82, 2.24) is 5.01 Å². The Morgan fingerprint density at radius 1 is 1.00 bits per heavy atom. The van der Waals surface area contributed by atoms with E-state index in [0.29, 0.717) is 16.7 Å². The lowest BCUT2D eigenvalue weighted by molar-refractivity contribution is -0.0190. The Morgan fingerprint density at radius 3 is 2.47 bits per heavy atom. The fourth-order valence-corrected chi connectivity index (χ4v) is 4.30. The quantitative estimate of drug-likeness (QED) is 0.457. The van der Waals surface area contributed by atoms with Crippen molar-refractivity contribution in [1.29, 1.82) is 0 Å². The summed E-state index contributed by atoms with van der Waals surface area (Å²) < 4.78 is 11.9. The summed E-state index contributed by atoms with van der Waals surface area (Å²) in [6.07, 6.45) is 0.440. The third-order valence-corrected chi connectivity index (χ3v) is 5.89. The van der Waals surface area contributed by atoms with Crippen LogP contribution in [0.4, 0.5) is 0 Å². The standard InChI is InChI=1S/C24H20Cl2N2O2/c1-2-29-19-10-5-15(6-11-19)21-14-22-20-13-18(26)9-12-23(20)30-24(28(22)27-21)16-3-7-17(25)8-4-16/h3-13,22,24H,2,14H2,1H3/t22-,24+/m1/s1. The molecular formula is C24H20Cl2N2O2. The largest absolute Gasteiger partial charge is 0.494 e. The van der Waals surface area contributed by atoms with Gasteiger partial charge in [-0.3, -0.25) is 0 Å². The molecule has 4 nitrogen and oxygen atoms in total. The number of benzene rings is 3. The minimum absolute atomic E-state index is 0.0506. The number of hydrogen-bond donors (Lipinski definition) is 0. The second-order valence-corrected chi connectivity index (χ2v) is 8.18. The molecule has 2 atom stereocenters. The monoisotopic (exact) mass is 438 g/mol. The first kappa shape index (κ1) is 19.3. The molecule has 30 heavy (non-hydrogen) atoms. The van der Waals surface area contributed by atoms with E-state index in [1.807, 2.05) is 66.5 Å². The van der Waals surface area contributed by atoms with Crippen LogP contribution >= 0.6 is 23.2 Å². The molecule has 0 unspecified atom stereocenters. The predicted molar refractivity (Wildman–Crippen MR) is 120 cm³/mol. The van der Waals surface area contributed by atoms with Gasteiger partial charge in [-0.1, -0.05) is 35.3 Å². The summed E-state index contributed by atoms with van der Waals surface area (Å²) in [5, 5.41) is 8.39. The Balaban J connectivity index is 1.54. The molecule has 0 spiro atoms. The topological polar surface area (TPSA) is 34.1 Å². The van der Waals surface area contributed by atoms with Crippen molar-refractivity contribution < 1.29 is 9.47 Å². The summed E-state index contributed by atoms with van der Waals surface area (Å²) in [7, 11) is 0. The Hall–Kier alpha value is -2.69. The summed E-state index contributed by atoms with van der Waals surface area (Å²) in [6, 6.07) is 21.6. The van der Waals surface area contributed by atoms with Crippen molar-refractivity contribution in [2.24, 2.45) is 5.10 Å². The number of rotatable bonds is 4. The summed E-state index contributed by atoms with van der Waals surface area (Å²) in [5.41, 5.74) is 4.14. The lowest BCUT2D eigenvalue weighted by Crippen LogP contribution is -2.33. The van der Waals surface area contributed by atoms with Crippen molar-refractivity contribution in [2.75, 3.05) is 6.61 Å². The molecule has 2 heterocycles. The average molecular weight is 439 g/mol. The Labute approximate surface area is 185 Å². The van der Waals surface area contributed by atoms with Crippen LogP contribution in [-0.2, 0) is 0 Å². The van der Waals surface area contributed by atoms with Gasteiger partial charge in [0.25, 0.3) is 0 Å². The van der Waals surface area contributed by atoms with Crippen LogP contribution in [0.2, 0.25) is 10.0 Å². The van der Waals surface area contributed by atoms with E-state index in [9.17, 15) is 0 Å². The van der Waals surface area contributed by atoms with E-state index < -0.39 is 0 Å². The maximum absolute atomic E-state index is 6.36. The van der Waals surface area contributed by atoms with E-state index in [1.165, 1.54) is 0 Å². The molecule has 2 aliphatic heterocycles. The zero-order valence-electron chi connectivity index (χ0n) is 16.4. The molecule has 0 bridgehead atoms. The number of halogens is 2. The van der Waals surface area contributed by atoms with Crippen molar-refractivity contribution in [3.8, 4) is 11.5 Å². The Kier molecular flexibility index (Phi) is 5.05. The number of fused-ring (bicyclic) bond motifs is 3. The minimum atomic E-state index is -0.332.